The van der Waals surface area contributed by atoms with Crippen molar-refractivity contribution in [3.8, 4) is 0 Å². The van der Waals surface area contributed by atoms with Gasteiger partial charge in [-0.3, -0.25) is 4.79 Å². The highest BCUT2D eigenvalue weighted by Gasteiger charge is 2.21. The van der Waals surface area contributed by atoms with E-state index in [4.69, 9.17) is 0 Å². The van der Waals surface area contributed by atoms with Gasteiger partial charge in [0.25, 0.3) is 0 Å². The normalized spacial score (nSPS) is 15.2. The van der Waals surface area contributed by atoms with Crippen molar-refractivity contribution >= 4 is 18.3 Å². The van der Waals surface area contributed by atoms with Crippen LogP contribution in [0.1, 0.15) is 30.9 Å². The van der Waals surface area contributed by atoms with Crippen LogP contribution in [0.5, 0.6) is 0 Å². The summed E-state index contributed by atoms with van der Waals surface area (Å²) in [5.74, 6) is 1.00. The van der Waals surface area contributed by atoms with Gasteiger partial charge < -0.3 is 10.2 Å². The van der Waals surface area contributed by atoms with Crippen molar-refractivity contribution in [2.24, 2.45) is 5.92 Å². The second kappa shape index (κ2) is 8.40. The Morgan fingerprint density at radius 3 is 2.52 bits per heavy atom. The molecule has 0 heterocycles. The number of halogens is 1. The van der Waals surface area contributed by atoms with Crippen LogP contribution < -0.4 is 5.32 Å². The molecule has 118 valence electrons. The number of carbonyl (C=O) groups excluding carboxylic acids is 1. The molecule has 0 aromatic heterocycles. The lowest BCUT2D eigenvalue weighted by Gasteiger charge is -2.25. The molecule has 3 nitrogen and oxygen atoms in total. The largest absolute Gasteiger partial charge is 0.342 e. The Labute approximate surface area is 134 Å². The first-order valence-corrected chi connectivity index (χ1v) is 7.58. The van der Waals surface area contributed by atoms with Crippen molar-refractivity contribution in [2.75, 3.05) is 20.1 Å². The van der Waals surface area contributed by atoms with E-state index in [1.165, 1.54) is 24.0 Å². The van der Waals surface area contributed by atoms with Gasteiger partial charge in [-0.15, -0.1) is 12.4 Å². The van der Waals surface area contributed by atoms with Crippen molar-refractivity contribution in [3.05, 3.63) is 35.4 Å². The van der Waals surface area contributed by atoms with Gasteiger partial charge in [-0.05, 0) is 51.1 Å². The molecule has 1 fully saturated rings. The Morgan fingerprint density at radius 2 is 1.95 bits per heavy atom. The zero-order valence-corrected chi connectivity index (χ0v) is 14.1. The quantitative estimate of drug-likeness (QED) is 0.840. The zero-order valence-electron chi connectivity index (χ0n) is 13.3. The van der Waals surface area contributed by atoms with Gasteiger partial charge in [0.2, 0.25) is 5.91 Å². The van der Waals surface area contributed by atoms with Gasteiger partial charge in [-0.25, -0.2) is 0 Å². The highest BCUT2D eigenvalue weighted by molar-refractivity contribution is 5.85. The standard InChI is InChI=1S/C17H26N2O.ClH/c1-13-4-6-15(7-5-13)10-14(2)19(3)17(20)12-18-11-16-8-9-16;/h4-7,14,16,18H,8-12H2,1-3H3;1H. The van der Waals surface area contributed by atoms with E-state index in [2.05, 4.69) is 43.4 Å². The third-order valence-corrected chi connectivity index (χ3v) is 4.11. The molecular formula is C17H27ClN2O. The lowest BCUT2D eigenvalue weighted by molar-refractivity contribution is -0.130. The molecule has 1 amide bonds. The van der Waals surface area contributed by atoms with Crippen LogP contribution >= 0.6 is 12.4 Å². The summed E-state index contributed by atoms with van der Waals surface area (Å²) in [6.07, 6.45) is 3.55. The number of nitrogens with one attached hydrogen (secondary N) is 1. The molecule has 1 aliphatic rings. The topological polar surface area (TPSA) is 32.3 Å². The number of rotatable bonds is 7. The molecule has 1 atom stereocenters. The lowest BCUT2D eigenvalue weighted by Crippen LogP contribution is -2.42. The third-order valence-electron chi connectivity index (χ3n) is 4.11. The number of hydrogen-bond donors (Lipinski definition) is 1. The van der Waals surface area contributed by atoms with E-state index in [-0.39, 0.29) is 24.4 Å². The molecule has 0 aliphatic heterocycles. The van der Waals surface area contributed by atoms with Crippen LogP contribution in [0.25, 0.3) is 0 Å². The van der Waals surface area contributed by atoms with Gasteiger partial charge >= 0.3 is 0 Å². The monoisotopic (exact) mass is 310 g/mol. The van der Waals surface area contributed by atoms with E-state index < -0.39 is 0 Å². The van der Waals surface area contributed by atoms with Crippen molar-refractivity contribution < 1.29 is 4.79 Å². The molecule has 1 aromatic rings. The average Bonchev–Trinajstić information content (AvgIpc) is 3.24. The fourth-order valence-electron chi connectivity index (χ4n) is 2.28. The number of nitrogens with zero attached hydrogens (tertiary/aromatic N) is 1. The minimum Gasteiger partial charge on any atom is -0.342 e. The van der Waals surface area contributed by atoms with Crippen LogP contribution in [-0.4, -0.2) is 37.0 Å². The van der Waals surface area contributed by atoms with Gasteiger partial charge in [0.1, 0.15) is 0 Å². The Kier molecular flexibility index (Phi) is 7.20. The van der Waals surface area contributed by atoms with Crippen LogP contribution in [0.4, 0.5) is 0 Å². The predicted octanol–water partition coefficient (Wildman–Crippen LogP) is 2.81. The summed E-state index contributed by atoms with van der Waals surface area (Å²) in [6.45, 7) is 5.66. The second-order valence-electron chi connectivity index (χ2n) is 6.12. The maximum Gasteiger partial charge on any atom is 0.236 e. The molecule has 0 saturated heterocycles. The molecule has 21 heavy (non-hydrogen) atoms. The molecule has 0 spiro atoms. The van der Waals surface area contributed by atoms with E-state index in [0.29, 0.717) is 6.54 Å². The lowest BCUT2D eigenvalue weighted by atomic mass is 10.0. The Balaban J connectivity index is 0.00000220. The first-order valence-electron chi connectivity index (χ1n) is 7.58. The van der Waals surface area contributed by atoms with Gasteiger partial charge in [-0.2, -0.15) is 0 Å². The number of hydrogen-bond acceptors (Lipinski definition) is 2. The molecule has 1 saturated carbocycles. The first kappa shape index (κ1) is 18.0. The molecule has 1 unspecified atom stereocenters. The summed E-state index contributed by atoms with van der Waals surface area (Å²) in [6, 6.07) is 8.78. The minimum atomic E-state index is 0. The molecule has 1 N–H and O–H groups in total. The van der Waals surface area contributed by atoms with Crippen LogP contribution in [0, 0.1) is 12.8 Å². The Hall–Kier alpha value is -1.06. The summed E-state index contributed by atoms with van der Waals surface area (Å²) in [4.78, 5) is 14.0. The van der Waals surface area contributed by atoms with Crippen molar-refractivity contribution in [1.82, 2.24) is 10.2 Å². The van der Waals surface area contributed by atoms with E-state index >= 15 is 0 Å². The highest BCUT2D eigenvalue weighted by Crippen LogP contribution is 2.27. The van der Waals surface area contributed by atoms with Crippen molar-refractivity contribution in [2.45, 2.75) is 39.2 Å². The third kappa shape index (κ3) is 6.06. The number of likely N-dealkylation sites (N-methyl/N-ethyl adjacent to an activating group) is 1. The average molecular weight is 311 g/mol. The molecule has 2 rings (SSSR count). The van der Waals surface area contributed by atoms with Gasteiger partial charge in [0.15, 0.2) is 0 Å². The minimum absolute atomic E-state index is 0. The van der Waals surface area contributed by atoms with Crippen LogP contribution in [-0.2, 0) is 11.2 Å². The zero-order chi connectivity index (χ0) is 14.5. The summed E-state index contributed by atoms with van der Waals surface area (Å²) in [7, 11) is 1.90. The molecule has 0 radical (unpaired) electrons. The number of benzene rings is 1. The summed E-state index contributed by atoms with van der Waals surface area (Å²) in [5, 5.41) is 3.26. The molecule has 4 heteroatoms. The van der Waals surface area contributed by atoms with Crippen molar-refractivity contribution in [1.29, 1.82) is 0 Å². The van der Waals surface area contributed by atoms with E-state index in [1.54, 1.807) is 0 Å². The predicted molar refractivity (Wildman–Crippen MR) is 90.0 cm³/mol. The van der Waals surface area contributed by atoms with Crippen LogP contribution in [0.2, 0.25) is 0 Å². The van der Waals surface area contributed by atoms with Gasteiger partial charge in [-0.1, -0.05) is 29.8 Å². The van der Waals surface area contributed by atoms with E-state index in [9.17, 15) is 4.79 Å². The highest BCUT2D eigenvalue weighted by atomic mass is 35.5. The molecular weight excluding hydrogens is 284 g/mol. The van der Waals surface area contributed by atoms with Gasteiger partial charge in [0.05, 0.1) is 6.54 Å². The second-order valence-corrected chi connectivity index (χ2v) is 6.12. The molecule has 1 aromatic carbocycles. The fraction of sp³-hybridized carbons (Fsp3) is 0.588. The van der Waals surface area contributed by atoms with E-state index in [1.807, 2.05) is 11.9 Å². The summed E-state index contributed by atoms with van der Waals surface area (Å²) < 4.78 is 0. The van der Waals surface area contributed by atoms with Crippen molar-refractivity contribution in [3.63, 3.8) is 0 Å². The molecule has 1 aliphatic carbocycles. The number of aryl methyl sites for hydroxylation is 1. The summed E-state index contributed by atoms with van der Waals surface area (Å²) >= 11 is 0. The smallest absolute Gasteiger partial charge is 0.236 e. The number of carbonyl (C=O) groups is 1. The Bertz CT molecular complexity index is 443. The molecule has 0 bridgehead atoms. The van der Waals surface area contributed by atoms with Crippen LogP contribution in [0.3, 0.4) is 0 Å². The number of amides is 1. The van der Waals surface area contributed by atoms with Gasteiger partial charge in [0, 0.05) is 13.1 Å². The maximum atomic E-state index is 12.1. The summed E-state index contributed by atoms with van der Waals surface area (Å²) in [5.41, 5.74) is 2.56. The Morgan fingerprint density at radius 1 is 1.33 bits per heavy atom. The SMILES string of the molecule is Cc1ccc(CC(C)N(C)C(=O)CNCC2CC2)cc1.Cl. The maximum absolute atomic E-state index is 12.1. The van der Waals surface area contributed by atoms with E-state index in [0.717, 1.165) is 18.9 Å². The first-order chi connectivity index (χ1) is 9.56. The fourth-order valence-corrected chi connectivity index (χ4v) is 2.28. The van der Waals surface area contributed by atoms with Crippen LogP contribution in [0.15, 0.2) is 24.3 Å².